The minimum absolute atomic E-state index is 0.00439. The van der Waals surface area contributed by atoms with Gasteiger partial charge in [0, 0.05) is 24.7 Å². The Hall–Kier alpha value is -1.98. The molecule has 0 bridgehead atoms. The van der Waals surface area contributed by atoms with E-state index in [-0.39, 0.29) is 13.0 Å². The average Bonchev–Trinajstić information content (AvgIpc) is 2.33. The minimum Gasteiger partial charge on any atom is -0.399 e. The van der Waals surface area contributed by atoms with Crippen LogP contribution in [0.1, 0.15) is 18.4 Å². The molecule has 1 rings (SSSR count). The summed E-state index contributed by atoms with van der Waals surface area (Å²) >= 11 is 0. The summed E-state index contributed by atoms with van der Waals surface area (Å²) in [4.78, 5) is 11.3. The largest absolute Gasteiger partial charge is 0.399 e. The Balaban J connectivity index is 2.29. The summed E-state index contributed by atoms with van der Waals surface area (Å²) in [7, 11) is 0. The van der Waals surface area contributed by atoms with Crippen LogP contribution in [0.15, 0.2) is 30.3 Å². The lowest BCUT2D eigenvalue weighted by atomic mass is 10.2. The molecule has 0 atom stereocenters. The smallest absolute Gasteiger partial charge is 0.389 e. The molecule has 0 saturated carbocycles. The maximum absolute atomic E-state index is 11.8. The van der Waals surface area contributed by atoms with Crippen LogP contribution >= 0.6 is 0 Å². The second-order valence-corrected chi connectivity index (χ2v) is 4.01. The topological polar surface area (TPSA) is 55.1 Å². The molecule has 0 aromatic heterocycles. The molecule has 0 aliphatic carbocycles. The molecule has 0 unspecified atom stereocenters. The van der Waals surface area contributed by atoms with Crippen LogP contribution in [0.25, 0.3) is 6.08 Å². The van der Waals surface area contributed by atoms with Gasteiger partial charge < -0.3 is 11.1 Å². The standard InChI is InChI=1S/C13H15F3N2O/c14-13(15,16)8-1-9-18-12(19)7-4-10-2-5-11(17)6-3-10/h2-7H,1,8-9,17H2,(H,18,19)/b7-4+. The van der Waals surface area contributed by atoms with E-state index in [9.17, 15) is 18.0 Å². The van der Waals surface area contributed by atoms with Crippen LogP contribution in [-0.2, 0) is 4.79 Å². The van der Waals surface area contributed by atoms with Gasteiger partial charge in [-0.1, -0.05) is 12.1 Å². The van der Waals surface area contributed by atoms with Crippen LogP contribution in [0.4, 0.5) is 18.9 Å². The highest BCUT2D eigenvalue weighted by Gasteiger charge is 2.25. The van der Waals surface area contributed by atoms with Crippen molar-refractivity contribution in [2.75, 3.05) is 12.3 Å². The van der Waals surface area contributed by atoms with Gasteiger partial charge in [0.15, 0.2) is 0 Å². The van der Waals surface area contributed by atoms with Gasteiger partial charge in [-0.25, -0.2) is 0 Å². The van der Waals surface area contributed by atoms with Gasteiger partial charge in [-0.2, -0.15) is 13.2 Å². The molecule has 0 radical (unpaired) electrons. The van der Waals surface area contributed by atoms with E-state index in [0.29, 0.717) is 5.69 Å². The van der Waals surface area contributed by atoms with Crippen molar-refractivity contribution in [3.05, 3.63) is 35.9 Å². The van der Waals surface area contributed by atoms with Gasteiger partial charge in [-0.3, -0.25) is 4.79 Å². The summed E-state index contributed by atoms with van der Waals surface area (Å²) < 4.78 is 35.5. The second kappa shape index (κ2) is 6.82. The fraction of sp³-hybridized carbons (Fsp3) is 0.308. The molecule has 19 heavy (non-hydrogen) atoms. The summed E-state index contributed by atoms with van der Waals surface area (Å²) in [5.74, 6) is -0.418. The quantitative estimate of drug-likeness (QED) is 0.492. The first-order valence-corrected chi connectivity index (χ1v) is 5.75. The van der Waals surface area contributed by atoms with Crippen molar-refractivity contribution < 1.29 is 18.0 Å². The third-order valence-corrected chi connectivity index (χ3v) is 2.30. The zero-order chi connectivity index (χ0) is 14.3. The van der Waals surface area contributed by atoms with Crippen molar-refractivity contribution in [2.24, 2.45) is 0 Å². The number of hydrogen-bond donors (Lipinski definition) is 2. The van der Waals surface area contributed by atoms with E-state index in [2.05, 4.69) is 5.32 Å². The average molecular weight is 272 g/mol. The number of carbonyl (C=O) groups is 1. The first-order valence-electron chi connectivity index (χ1n) is 5.75. The summed E-state index contributed by atoms with van der Waals surface area (Å²) in [5, 5.41) is 2.39. The van der Waals surface area contributed by atoms with E-state index < -0.39 is 18.5 Å². The van der Waals surface area contributed by atoms with E-state index >= 15 is 0 Å². The molecular weight excluding hydrogens is 257 g/mol. The number of rotatable bonds is 5. The number of nitrogen functional groups attached to an aromatic ring is 1. The molecule has 3 nitrogen and oxygen atoms in total. The van der Waals surface area contributed by atoms with E-state index in [4.69, 9.17) is 5.73 Å². The molecule has 104 valence electrons. The minimum atomic E-state index is -4.18. The number of amides is 1. The first-order chi connectivity index (χ1) is 8.87. The van der Waals surface area contributed by atoms with Crippen molar-refractivity contribution in [3.63, 3.8) is 0 Å². The highest BCUT2D eigenvalue weighted by molar-refractivity contribution is 5.91. The molecule has 0 aliphatic rings. The van der Waals surface area contributed by atoms with Gasteiger partial charge in [-0.05, 0) is 30.2 Å². The van der Waals surface area contributed by atoms with Gasteiger partial charge in [0.1, 0.15) is 0 Å². The van der Waals surface area contributed by atoms with Crippen LogP contribution in [0.3, 0.4) is 0 Å². The first kappa shape index (κ1) is 15.1. The van der Waals surface area contributed by atoms with E-state index in [0.717, 1.165) is 5.56 Å². The van der Waals surface area contributed by atoms with Crippen LogP contribution in [-0.4, -0.2) is 18.6 Å². The molecule has 1 aromatic rings. The maximum Gasteiger partial charge on any atom is 0.389 e. The lowest BCUT2D eigenvalue weighted by Crippen LogP contribution is -2.23. The van der Waals surface area contributed by atoms with Crippen LogP contribution in [0.2, 0.25) is 0 Å². The SMILES string of the molecule is Nc1ccc(/C=C/C(=O)NCCCC(F)(F)F)cc1. The molecule has 0 saturated heterocycles. The van der Waals surface area contributed by atoms with Crippen LogP contribution < -0.4 is 11.1 Å². The third-order valence-electron chi connectivity index (χ3n) is 2.30. The maximum atomic E-state index is 11.8. The number of halogens is 3. The monoisotopic (exact) mass is 272 g/mol. The lowest BCUT2D eigenvalue weighted by molar-refractivity contribution is -0.135. The Bertz CT molecular complexity index is 438. The zero-order valence-electron chi connectivity index (χ0n) is 10.2. The van der Waals surface area contributed by atoms with E-state index in [1.807, 2.05) is 0 Å². The number of nitrogens with one attached hydrogen (secondary N) is 1. The summed E-state index contributed by atoms with van der Waals surface area (Å²) in [5.41, 5.74) is 6.91. The predicted molar refractivity (Wildman–Crippen MR) is 68.2 cm³/mol. The van der Waals surface area contributed by atoms with Crippen molar-refractivity contribution in [1.82, 2.24) is 5.32 Å². The third kappa shape index (κ3) is 7.13. The lowest BCUT2D eigenvalue weighted by Gasteiger charge is -2.05. The number of benzene rings is 1. The molecule has 0 aliphatic heterocycles. The Morgan fingerprint density at radius 1 is 1.26 bits per heavy atom. The number of nitrogens with two attached hydrogens (primary N) is 1. The van der Waals surface area contributed by atoms with Gasteiger partial charge in [0.05, 0.1) is 0 Å². The number of carbonyl (C=O) groups excluding carboxylic acids is 1. The summed E-state index contributed by atoms with van der Waals surface area (Å²) in [6.45, 7) is 0.00439. The number of alkyl halides is 3. The van der Waals surface area contributed by atoms with E-state index in [1.165, 1.54) is 6.08 Å². The zero-order valence-corrected chi connectivity index (χ0v) is 10.2. The predicted octanol–water partition coefficient (Wildman–Crippen LogP) is 2.74. The molecule has 0 spiro atoms. The summed E-state index contributed by atoms with van der Waals surface area (Å²) in [6.07, 6.45) is -2.35. The fourth-order valence-corrected chi connectivity index (χ4v) is 1.34. The second-order valence-electron chi connectivity index (χ2n) is 4.01. The molecule has 6 heteroatoms. The van der Waals surface area contributed by atoms with Crippen LogP contribution in [0, 0.1) is 0 Å². The molecule has 3 N–H and O–H groups in total. The van der Waals surface area contributed by atoms with Gasteiger partial charge >= 0.3 is 6.18 Å². The van der Waals surface area contributed by atoms with Crippen LogP contribution in [0.5, 0.6) is 0 Å². The highest BCUT2D eigenvalue weighted by atomic mass is 19.4. The van der Waals surface area contributed by atoms with Crippen molar-refractivity contribution in [2.45, 2.75) is 19.0 Å². The Kier molecular flexibility index (Phi) is 5.41. The molecule has 1 amide bonds. The van der Waals surface area contributed by atoms with Gasteiger partial charge in [0.2, 0.25) is 5.91 Å². The van der Waals surface area contributed by atoms with Crippen molar-refractivity contribution >= 4 is 17.7 Å². The Morgan fingerprint density at radius 3 is 2.47 bits per heavy atom. The number of hydrogen-bond acceptors (Lipinski definition) is 2. The molecule has 1 aromatic carbocycles. The highest BCUT2D eigenvalue weighted by Crippen LogP contribution is 2.20. The van der Waals surface area contributed by atoms with Gasteiger partial charge in [-0.15, -0.1) is 0 Å². The fourth-order valence-electron chi connectivity index (χ4n) is 1.34. The Morgan fingerprint density at radius 2 is 1.89 bits per heavy atom. The van der Waals surface area contributed by atoms with Crippen molar-refractivity contribution in [1.29, 1.82) is 0 Å². The van der Waals surface area contributed by atoms with Crippen molar-refractivity contribution in [3.8, 4) is 0 Å². The molecule has 0 fully saturated rings. The van der Waals surface area contributed by atoms with Gasteiger partial charge in [0.25, 0.3) is 0 Å². The number of anilines is 1. The normalized spacial score (nSPS) is 11.7. The van der Waals surface area contributed by atoms with E-state index in [1.54, 1.807) is 30.3 Å². The molecular formula is C13H15F3N2O. The summed E-state index contributed by atoms with van der Waals surface area (Å²) in [6, 6.07) is 6.87. The Labute approximate surface area is 109 Å². The molecule has 0 heterocycles.